The highest BCUT2D eigenvalue weighted by Gasteiger charge is 2.40. The van der Waals surface area contributed by atoms with Gasteiger partial charge in [-0.2, -0.15) is 18.3 Å². The van der Waals surface area contributed by atoms with Crippen molar-refractivity contribution in [3.63, 3.8) is 0 Å². The van der Waals surface area contributed by atoms with Crippen LogP contribution in [0, 0.1) is 5.92 Å². The van der Waals surface area contributed by atoms with E-state index in [2.05, 4.69) is 21.8 Å². The Balaban J connectivity index is 1.12. The number of halogens is 3. The minimum absolute atomic E-state index is 0.0747. The maximum atomic E-state index is 14.2. The Morgan fingerprint density at radius 3 is 2.54 bits per heavy atom. The topological polar surface area (TPSA) is 52.3 Å². The van der Waals surface area contributed by atoms with Crippen LogP contribution in [-0.2, 0) is 28.7 Å². The molecule has 6 rings (SSSR count). The SMILES string of the molecule is O=C(CCc1ccccc1)N1CCC(Cn2ccc3cc(-c4cnn(C5CCCCO5)c4C(F)(F)F)ccc32)CC1. The lowest BCUT2D eigenvalue weighted by molar-refractivity contribution is -0.151. The molecule has 0 spiro atoms. The van der Waals surface area contributed by atoms with Crippen molar-refractivity contribution in [3.05, 3.63) is 78.2 Å². The summed E-state index contributed by atoms with van der Waals surface area (Å²) in [5.41, 5.74) is 1.98. The number of benzene rings is 2. The van der Waals surface area contributed by atoms with Crippen molar-refractivity contribution in [1.29, 1.82) is 0 Å². The van der Waals surface area contributed by atoms with Gasteiger partial charge in [-0.25, -0.2) is 4.68 Å². The number of rotatable bonds is 7. The number of piperidine rings is 1. The van der Waals surface area contributed by atoms with Gasteiger partial charge in [0.1, 0.15) is 0 Å². The van der Waals surface area contributed by atoms with E-state index < -0.39 is 18.1 Å². The predicted octanol–water partition coefficient (Wildman–Crippen LogP) is 7.09. The van der Waals surface area contributed by atoms with Crippen molar-refractivity contribution < 1.29 is 22.7 Å². The molecule has 2 fully saturated rings. The number of fused-ring (bicyclic) bond motifs is 1. The van der Waals surface area contributed by atoms with E-state index in [9.17, 15) is 18.0 Å². The molecule has 4 aromatic rings. The van der Waals surface area contributed by atoms with Gasteiger partial charge in [0.15, 0.2) is 11.9 Å². The Kier molecular flexibility index (Phi) is 7.88. The molecule has 4 heterocycles. The first-order valence-corrected chi connectivity index (χ1v) is 14.5. The van der Waals surface area contributed by atoms with Crippen LogP contribution in [0.5, 0.6) is 0 Å². The number of amides is 1. The molecule has 41 heavy (non-hydrogen) atoms. The molecule has 2 aromatic carbocycles. The third-order valence-corrected chi connectivity index (χ3v) is 8.47. The summed E-state index contributed by atoms with van der Waals surface area (Å²) in [6, 6.07) is 17.5. The lowest BCUT2D eigenvalue weighted by Crippen LogP contribution is -2.39. The number of carbonyl (C=O) groups is 1. The zero-order valence-corrected chi connectivity index (χ0v) is 23.0. The standard InChI is InChI=1S/C32H35F3N4O2/c33-32(34,35)31-27(21-36-39(31)30-8-4-5-19-41-30)25-10-11-28-26(20-25)15-18-38(28)22-24-13-16-37(17-14-24)29(40)12-9-23-6-2-1-3-7-23/h1-3,6-7,10-11,15,18,20-21,24,30H,4-5,8-9,12-14,16-17,19,22H2. The second-order valence-corrected chi connectivity index (χ2v) is 11.2. The van der Waals surface area contributed by atoms with Crippen molar-refractivity contribution in [2.24, 2.45) is 5.92 Å². The molecule has 1 atom stereocenters. The monoisotopic (exact) mass is 564 g/mol. The second-order valence-electron chi connectivity index (χ2n) is 11.2. The van der Waals surface area contributed by atoms with Gasteiger partial charge in [-0.15, -0.1) is 0 Å². The molecule has 9 heteroatoms. The number of ether oxygens (including phenoxy) is 1. The largest absolute Gasteiger partial charge is 0.433 e. The summed E-state index contributed by atoms with van der Waals surface area (Å²) in [6.07, 6.45) is 3.44. The highest BCUT2D eigenvalue weighted by atomic mass is 19.4. The van der Waals surface area contributed by atoms with Gasteiger partial charge in [-0.05, 0) is 73.8 Å². The molecule has 216 valence electrons. The lowest BCUT2D eigenvalue weighted by atomic mass is 9.96. The molecule has 2 saturated heterocycles. The van der Waals surface area contributed by atoms with E-state index >= 15 is 0 Å². The van der Waals surface area contributed by atoms with E-state index in [4.69, 9.17) is 4.74 Å². The molecule has 0 saturated carbocycles. The molecule has 1 unspecified atom stereocenters. The highest BCUT2D eigenvalue weighted by molar-refractivity contribution is 5.86. The maximum absolute atomic E-state index is 14.2. The summed E-state index contributed by atoms with van der Waals surface area (Å²) in [4.78, 5) is 14.7. The number of hydrogen-bond donors (Lipinski definition) is 0. The fourth-order valence-electron chi connectivity index (χ4n) is 6.22. The van der Waals surface area contributed by atoms with E-state index in [1.807, 2.05) is 47.5 Å². The number of hydrogen-bond acceptors (Lipinski definition) is 3. The van der Waals surface area contributed by atoms with Crippen LogP contribution in [0.15, 0.2) is 67.0 Å². The van der Waals surface area contributed by atoms with Crippen LogP contribution in [0.3, 0.4) is 0 Å². The minimum atomic E-state index is -4.55. The summed E-state index contributed by atoms with van der Waals surface area (Å²) >= 11 is 0. The van der Waals surface area contributed by atoms with Gasteiger partial charge in [-0.3, -0.25) is 4.79 Å². The van der Waals surface area contributed by atoms with E-state index in [1.165, 1.54) is 11.8 Å². The van der Waals surface area contributed by atoms with Gasteiger partial charge in [0.25, 0.3) is 0 Å². The summed E-state index contributed by atoms with van der Waals surface area (Å²) in [5.74, 6) is 0.650. The third kappa shape index (κ3) is 6.05. The molecule has 6 nitrogen and oxygen atoms in total. The van der Waals surface area contributed by atoms with E-state index in [1.54, 1.807) is 6.07 Å². The Morgan fingerprint density at radius 2 is 1.80 bits per heavy atom. The number of aryl methyl sites for hydroxylation is 1. The maximum Gasteiger partial charge on any atom is 0.433 e. The zero-order valence-electron chi connectivity index (χ0n) is 23.0. The van der Waals surface area contributed by atoms with E-state index in [0.29, 0.717) is 30.9 Å². The average Bonchev–Trinajstić information content (AvgIpc) is 3.62. The number of nitrogens with zero attached hydrogens (tertiary/aromatic N) is 4. The summed E-state index contributed by atoms with van der Waals surface area (Å²) in [5, 5.41) is 5.02. The number of alkyl halides is 3. The van der Waals surface area contributed by atoms with Gasteiger partial charge in [-0.1, -0.05) is 36.4 Å². The van der Waals surface area contributed by atoms with Crippen LogP contribution in [-0.4, -0.2) is 44.9 Å². The molecule has 0 bridgehead atoms. The van der Waals surface area contributed by atoms with Gasteiger partial charge >= 0.3 is 6.18 Å². The van der Waals surface area contributed by atoms with Crippen molar-refractivity contribution in [2.45, 2.75) is 63.9 Å². The van der Waals surface area contributed by atoms with Gasteiger partial charge < -0.3 is 14.2 Å². The fourth-order valence-corrected chi connectivity index (χ4v) is 6.22. The molecule has 2 aromatic heterocycles. The zero-order chi connectivity index (χ0) is 28.4. The van der Waals surface area contributed by atoms with Crippen LogP contribution in [0.2, 0.25) is 0 Å². The Hall–Kier alpha value is -3.59. The molecular weight excluding hydrogens is 529 g/mol. The molecule has 2 aliphatic rings. The van der Waals surface area contributed by atoms with Crippen LogP contribution in [0.25, 0.3) is 22.0 Å². The second kappa shape index (κ2) is 11.7. The number of likely N-dealkylation sites (tertiary alicyclic amines) is 1. The van der Waals surface area contributed by atoms with E-state index in [0.717, 1.165) is 67.3 Å². The molecule has 0 radical (unpaired) electrons. The average molecular weight is 565 g/mol. The van der Waals surface area contributed by atoms with Gasteiger partial charge in [0.05, 0.1) is 6.20 Å². The van der Waals surface area contributed by atoms with Crippen molar-refractivity contribution >= 4 is 16.8 Å². The highest BCUT2D eigenvalue weighted by Crippen LogP contribution is 2.40. The Bertz CT molecular complexity index is 1480. The van der Waals surface area contributed by atoms with Gasteiger partial charge in [0, 0.05) is 55.3 Å². The van der Waals surface area contributed by atoms with Gasteiger partial charge in [0.2, 0.25) is 5.91 Å². The summed E-state index contributed by atoms with van der Waals surface area (Å²) < 4.78 is 51.5. The summed E-state index contributed by atoms with van der Waals surface area (Å²) in [6.45, 7) is 2.78. The molecular formula is C32H35F3N4O2. The first-order valence-electron chi connectivity index (χ1n) is 14.5. The van der Waals surface area contributed by atoms with Crippen molar-refractivity contribution in [1.82, 2.24) is 19.2 Å². The Morgan fingerprint density at radius 1 is 1.00 bits per heavy atom. The molecule has 0 aliphatic carbocycles. The van der Waals surface area contributed by atoms with Crippen LogP contribution >= 0.6 is 0 Å². The lowest BCUT2D eigenvalue weighted by Gasteiger charge is -2.32. The van der Waals surface area contributed by atoms with Crippen LogP contribution in [0.1, 0.15) is 56.0 Å². The normalized spacial score (nSPS) is 18.7. The first kappa shape index (κ1) is 27.6. The predicted molar refractivity (Wildman–Crippen MR) is 151 cm³/mol. The minimum Gasteiger partial charge on any atom is -0.356 e. The Labute approximate surface area is 237 Å². The number of carbonyl (C=O) groups excluding carboxylic acids is 1. The smallest absolute Gasteiger partial charge is 0.356 e. The molecule has 0 N–H and O–H groups in total. The third-order valence-electron chi connectivity index (χ3n) is 8.47. The fraction of sp³-hybridized carbons (Fsp3) is 0.438. The van der Waals surface area contributed by atoms with Crippen molar-refractivity contribution in [2.75, 3.05) is 19.7 Å². The molecule has 1 amide bonds. The van der Waals surface area contributed by atoms with Crippen LogP contribution in [0.4, 0.5) is 13.2 Å². The molecule has 2 aliphatic heterocycles. The van der Waals surface area contributed by atoms with Crippen molar-refractivity contribution in [3.8, 4) is 11.1 Å². The number of aromatic nitrogens is 3. The summed E-state index contributed by atoms with van der Waals surface area (Å²) in [7, 11) is 0. The first-order chi connectivity index (χ1) is 19.9. The quantitative estimate of drug-likeness (QED) is 0.241. The van der Waals surface area contributed by atoms with Crippen LogP contribution < -0.4 is 0 Å². The van der Waals surface area contributed by atoms with E-state index in [-0.39, 0.29) is 11.5 Å².